The monoisotopic (exact) mass is 278 g/mol. The number of carbonyl (C=O) groups excluding carboxylic acids is 1. The highest BCUT2D eigenvalue weighted by atomic mass is 19.4. The molecule has 2 aliphatic rings. The highest BCUT2D eigenvalue weighted by molar-refractivity contribution is 5.82. The van der Waals surface area contributed by atoms with Crippen LogP contribution in [0.1, 0.15) is 39.0 Å². The first kappa shape index (κ1) is 14.6. The van der Waals surface area contributed by atoms with Crippen molar-refractivity contribution in [2.75, 3.05) is 13.1 Å². The molecule has 2 aliphatic heterocycles. The second-order valence-corrected chi connectivity index (χ2v) is 5.69. The third kappa shape index (κ3) is 3.61. The second-order valence-electron chi connectivity index (χ2n) is 5.69. The number of nitrogens with zero attached hydrogens (tertiary/aromatic N) is 1. The fourth-order valence-electron chi connectivity index (χ4n) is 2.98. The fourth-order valence-corrected chi connectivity index (χ4v) is 2.98. The molecule has 6 heteroatoms. The molecular weight excluding hydrogens is 257 g/mol. The van der Waals surface area contributed by atoms with Gasteiger partial charge in [-0.25, -0.2) is 0 Å². The number of amides is 1. The Balaban J connectivity index is 1.85. The van der Waals surface area contributed by atoms with Crippen LogP contribution in [0.25, 0.3) is 0 Å². The van der Waals surface area contributed by atoms with E-state index in [-0.39, 0.29) is 37.9 Å². The first-order valence-corrected chi connectivity index (χ1v) is 6.99. The number of hydrogen-bond acceptors (Lipinski definition) is 2. The predicted octanol–water partition coefficient (Wildman–Crippen LogP) is 2.32. The largest absolute Gasteiger partial charge is 0.391 e. The highest BCUT2D eigenvalue weighted by Crippen LogP contribution is 2.34. The molecule has 1 amide bonds. The molecule has 0 radical (unpaired) electrons. The van der Waals surface area contributed by atoms with Crippen LogP contribution in [-0.2, 0) is 4.79 Å². The van der Waals surface area contributed by atoms with Gasteiger partial charge in [-0.3, -0.25) is 4.79 Å². The lowest BCUT2D eigenvalue weighted by Gasteiger charge is -2.37. The number of rotatable bonds is 1. The molecule has 2 unspecified atom stereocenters. The van der Waals surface area contributed by atoms with Crippen molar-refractivity contribution >= 4 is 5.91 Å². The SMILES string of the molecule is CC1CCCC(C(=O)N2CCC(C(F)(F)F)CC2)N1. The maximum atomic E-state index is 12.6. The normalized spacial score (nSPS) is 30.4. The quantitative estimate of drug-likeness (QED) is 0.798. The minimum atomic E-state index is -4.12. The van der Waals surface area contributed by atoms with Gasteiger partial charge in [0, 0.05) is 19.1 Å². The van der Waals surface area contributed by atoms with Gasteiger partial charge in [-0.15, -0.1) is 0 Å². The Morgan fingerprint density at radius 3 is 2.32 bits per heavy atom. The first-order valence-electron chi connectivity index (χ1n) is 6.99. The van der Waals surface area contributed by atoms with E-state index >= 15 is 0 Å². The van der Waals surface area contributed by atoms with Crippen molar-refractivity contribution in [1.82, 2.24) is 10.2 Å². The number of hydrogen-bond donors (Lipinski definition) is 1. The summed E-state index contributed by atoms with van der Waals surface area (Å²) in [5.41, 5.74) is 0. The zero-order valence-corrected chi connectivity index (χ0v) is 11.2. The van der Waals surface area contributed by atoms with Crippen LogP contribution in [0.3, 0.4) is 0 Å². The summed E-state index contributed by atoms with van der Waals surface area (Å²) in [5.74, 6) is -1.26. The molecule has 2 atom stereocenters. The predicted molar refractivity (Wildman–Crippen MR) is 65.6 cm³/mol. The van der Waals surface area contributed by atoms with Crippen molar-refractivity contribution in [2.24, 2.45) is 5.92 Å². The van der Waals surface area contributed by atoms with Crippen LogP contribution < -0.4 is 5.32 Å². The Bertz CT molecular complexity index is 324. The van der Waals surface area contributed by atoms with Gasteiger partial charge >= 0.3 is 6.18 Å². The van der Waals surface area contributed by atoms with Crippen LogP contribution in [0.5, 0.6) is 0 Å². The molecule has 2 fully saturated rings. The van der Waals surface area contributed by atoms with Crippen molar-refractivity contribution in [3.8, 4) is 0 Å². The summed E-state index contributed by atoms with van der Waals surface area (Å²) in [6, 6.07) is 0.113. The van der Waals surface area contributed by atoms with Crippen LogP contribution in [0.2, 0.25) is 0 Å². The van der Waals surface area contributed by atoms with Crippen molar-refractivity contribution in [3.63, 3.8) is 0 Å². The number of carbonyl (C=O) groups is 1. The van der Waals surface area contributed by atoms with Crippen molar-refractivity contribution in [3.05, 3.63) is 0 Å². The molecule has 0 spiro atoms. The van der Waals surface area contributed by atoms with E-state index in [1.807, 2.05) is 6.92 Å². The molecule has 1 N–H and O–H groups in total. The smallest absolute Gasteiger partial charge is 0.341 e. The number of piperidine rings is 2. The second kappa shape index (κ2) is 5.69. The maximum absolute atomic E-state index is 12.6. The van der Waals surface area contributed by atoms with E-state index in [9.17, 15) is 18.0 Å². The lowest BCUT2D eigenvalue weighted by Crippen LogP contribution is -2.53. The van der Waals surface area contributed by atoms with E-state index in [1.165, 1.54) is 0 Å². The van der Waals surface area contributed by atoms with Crippen LogP contribution in [0.15, 0.2) is 0 Å². The van der Waals surface area contributed by atoms with E-state index in [0.29, 0.717) is 6.04 Å². The van der Waals surface area contributed by atoms with E-state index in [4.69, 9.17) is 0 Å². The zero-order chi connectivity index (χ0) is 14.0. The third-order valence-corrected chi connectivity index (χ3v) is 4.18. The molecule has 0 bridgehead atoms. The molecule has 0 saturated carbocycles. The Morgan fingerprint density at radius 1 is 1.16 bits per heavy atom. The summed E-state index contributed by atoms with van der Waals surface area (Å²) in [6.45, 7) is 2.50. The van der Waals surface area contributed by atoms with Crippen molar-refractivity contribution in [2.45, 2.75) is 57.3 Å². The van der Waals surface area contributed by atoms with E-state index in [0.717, 1.165) is 19.3 Å². The summed E-state index contributed by atoms with van der Waals surface area (Å²) >= 11 is 0. The van der Waals surface area contributed by atoms with Gasteiger partial charge < -0.3 is 10.2 Å². The molecule has 3 nitrogen and oxygen atoms in total. The summed E-state index contributed by atoms with van der Waals surface area (Å²) in [6.07, 6.45) is -1.19. The number of likely N-dealkylation sites (tertiary alicyclic amines) is 1. The van der Waals surface area contributed by atoms with Gasteiger partial charge in [0.25, 0.3) is 0 Å². The molecule has 0 aromatic heterocycles. The summed E-state index contributed by atoms with van der Waals surface area (Å²) in [7, 11) is 0. The topological polar surface area (TPSA) is 32.3 Å². The van der Waals surface area contributed by atoms with Crippen LogP contribution in [0, 0.1) is 5.92 Å². The minimum absolute atomic E-state index is 0.0211. The summed E-state index contributed by atoms with van der Waals surface area (Å²) in [5, 5.41) is 3.24. The Morgan fingerprint density at radius 2 is 1.79 bits per heavy atom. The standard InChI is InChI=1S/C13H21F3N2O/c1-9-3-2-4-11(17-9)12(19)18-7-5-10(6-8-18)13(14,15)16/h9-11,17H,2-8H2,1H3. The Hall–Kier alpha value is -0.780. The average molecular weight is 278 g/mol. The molecule has 0 aromatic carbocycles. The van der Waals surface area contributed by atoms with E-state index in [2.05, 4.69) is 5.32 Å². The molecular formula is C13H21F3N2O. The highest BCUT2D eigenvalue weighted by Gasteiger charge is 2.42. The molecule has 0 aliphatic carbocycles. The zero-order valence-electron chi connectivity index (χ0n) is 11.2. The lowest BCUT2D eigenvalue weighted by atomic mass is 9.94. The van der Waals surface area contributed by atoms with Crippen LogP contribution in [0.4, 0.5) is 13.2 Å². The minimum Gasteiger partial charge on any atom is -0.341 e. The number of halogens is 3. The van der Waals surface area contributed by atoms with Crippen LogP contribution >= 0.6 is 0 Å². The molecule has 2 rings (SSSR count). The molecule has 0 aromatic rings. The van der Waals surface area contributed by atoms with Crippen molar-refractivity contribution < 1.29 is 18.0 Å². The van der Waals surface area contributed by atoms with Gasteiger partial charge in [0.15, 0.2) is 0 Å². The number of nitrogens with one attached hydrogen (secondary N) is 1. The molecule has 2 saturated heterocycles. The van der Waals surface area contributed by atoms with E-state index < -0.39 is 12.1 Å². The average Bonchev–Trinajstić information content (AvgIpc) is 2.37. The van der Waals surface area contributed by atoms with Gasteiger partial charge in [0.05, 0.1) is 12.0 Å². The van der Waals surface area contributed by atoms with Gasteiger partial charge in [0.1, 0.15) is 0 Å². The third-order valence-electron chi connectivity index (χ3n) is 4.18. The van der Waals surface area contributed by atoms with Crippen LogP contribution in [-0.4, -0.2) is 42.2 Å². The fraction of sp³-hybridized carbons (Fsp3) is 0.923. The van der Waals surface area contributed by atoms with E-state index in [1.54, 1.807) is 4.90 Å². The summed E-state index contributed by atoms with van der Waals surface area (Å²) in [4.78, 5) is 13.8. The van der Waals surface area contributed by atoms with Gasteiger partial charge in [-0.05, 0) is 39.0 Å². The number of alkyl halides is 3. The van der Waals surface area contributed by atoms with Gasteiger partial charge in [0.2, 0.25) is 5.91 Å². The van der Waals surface area contributed by atoms with Gasteiger partial charge in [-0.1, -0.05) is 0 Å². The molecule has 19 heavy (non-hydrogen) atoms. The molecule has 2 heterocycles. The first-order chi connectivity index (χ1) is 8.88. The lowest BCUT2D eigenvalue weighted by molar-refractivity contribution is -0.186. The molecule has 110 valence electrons. The Kier molecular flexibility index (Phi) is 4.38. The summed E-state index contributed by atoms with van der Waals surface area (Å²) < 4.78 is 37.7. The maximum Gasteiger partial charge on any atom is 0.391 e. The Labute approximate surface area is 111 Å². The van der Waals surface area contributed by atoms with Crippen molar-refractivity contribution in [1.29, 1.82) is 0 Å². The van der Waals surface area contributed by atoms with Gasteiger partial charge in [-0.2, -0.15) is 13.2 Å².